The number of imidazole rings is 2. The van der Waals surface area contributed by atoms with E-state index < -0.39 is 21.6 Å². The van der Waals surface area contributed by atoms with E-state index in [1.807, 2.05) is 37.7 Å². The fourth-order valence-corrected chi connectivity index (χ4v) is 13.0. The second-order valence-corrected chi connectivity index (χ2v) is 29.9. The fourth-order valence-electron chi connectivity index (χ4n) is 12.2. The van der Waals surface area contributed by atoms with Gasteiger partial charge in [-0.3, -0.25) is 52.5 Å². The average Bonchev–Trinajstić information content (AvgIpc) is 1.70. The molecule has 4 aromatic rings. The zero-order valence-electron chi connectivity index (χ0n) is 64.7. The summed E-state index contributed by atoms with van der Waals surface area (Å²) in [5.41, 5.74) is 2.54. The Kier molecular flexibility index (Phi) is 44.1. The number of unbranched alkanes of at least 4 members (excludes halogenated alkanes) is 21. The van der Waals surface area contributed by atoms with Crippen molar-refractivity contribution in [1.82, 2.24) is 59.3 Å². The lowest BCUT2D eigenvalue weighted by Gasteiger charge is -2.18. The molecule has 6 atom stereocenters. The molecule has 0 radical (unpaired) electrons. The number of likely N-dealkylation sites (N-methyl/N-ethyl adjacent to an activating group) is 2. The standard InChI is InChI=1S/C35H58N8O4.C31H51N7O3.2C3H9O4P/c1-6-8-10-11-12-13-14-15-16-17-18-20-36-33(45)28-21-26(23-41(28)3)37-34(46)29-22-27(24-42(29)4)38-35(47)32-40-30(25-43(32)5)39-31(44)19-9-7-2;1-6-7-8-9-10-11-12-13-14-15-16-17-32-29(39)26-18-24(21-36(26)3)34-30(40)27-19-25(22-37(27)4)35-31(41)28-33-23(2)20-38(28)5;2*1-3-7-8(4,5)6-2/h22,24-26,28H,6-21,23H2,1-5H3,(H,36,45)(H,37,46)(H,38,47)(H,39,44);19-20,22,24,26H,6-18,21H2,1-5H3,(H,32,39)(H,34,40)(H,35,41);2*3H2,1-2H3,(H,4,5)/p-2. The van der Waals surface area contributed by atoms with Crippen molar-refractivity contribution in [1.29, 1.82) is 0 Å². The normalized spacial score (nSPS) is 16.8. The molecule has 0 spiro atoms. The lowest BCUT2D eigenvalue weighted by Crippen LogP contribution is -2.41. The lowest BCUT2D eigenvalue weighted by atomic mass is 10.1. The number of likely N-dealkylation sites (tertiary alicyclic amines) is 2. The number of carbonyl (C=O) groups is 7. The summed E-state index contributed by atoms with van der Waals surface area (Å²) in [5, 5.41) is 20.6. The molecule has 590 valence electrons. The monoisotopic (exact) mass is 1500 g/mol. The molecule has 0 saturated carbocycles. The summed E-state index contributed by atoms with van der Waals surface area (Å²) in [4.78, 5) is 122. The first-order chi connectivity index (χ1) is 49.6. The minimum Gasteiger partial charge on any atom is -0.756 e. The van der Waals surface area contributed by atoms with Gasteiger partial charge in [-0.2, -0.15) is 0 Å². The van der Waals surface area contributed by atoms with Gasteiger partial charge in [-0.15, -0.1) is 0 Å². The Balaban J connectivity index is 0.000000447. The van der Waals surface area contributed by atoms with Crippen LogP contribution in [0.2, 0.25) is 0 Å². The third-order valence-corrected chi connectivity index (χ3v) is 19.9. The van der Waals surface area contributed by atoms with Gasteiger partial charge in [-0.1, -0.05) is 156 Å². The summed E-state index contributed by atoms with van der Waals surface area (Å²) in [6, 6.07) is 2.43. The van der Waals surface area contributed by atoms with Gasteiger partial charge in [-0.25, -0.2) is 9.97 Å². The molecule has 32 heteroatoms. The first-order valence-electron chi connectivity index (χ1n) is 37.4. The topological polar surface area (TPSA) is 373 Å². The van der Waals surface area contributed by atoms with Crippen molar-refractivity contribution >= 4 is 74.2 Å². The van der Waals surface area contributed by atoms with Crippen LogP contribution in [0, 0.1) is 6.92 Å². The second kappa shape index (κ2) is 50.1. The second-order valence-electron chi connectivity index (χ2n) is 26.9. The van der Waals surface area contributed by atoms with Crippen LogP contribution >= 0.6 is 15.6 Å². The van der Waals surface area contributed by atoms with E-state index in [4.69, 9.17) is 0 Å². The molecule has 4 aromatic heterocycles. The van der Waals surface area contributed by atoms with Crippen molar-refractivity contribution in [2.24, 2.45) is 28.2 Å². The van der Waals surface area contributed by atoms with Crippen molar-refractivity contribution in [2.75, 3.05) is 83.7 Å². The first-order valence-corrected chi connectivity index (χ1v) is 40.4. The van der Waals surface area contributed by atoms with E-state index >= 15 is 0 Å². The third kappa shape index (κ3) is 35.2. The van der Waals surface area contributed by atoms with Crippen LogP contribution in [0.4, 0.5) is 17.2 Å². The quantitative estimate of drug-likeness (QED) is 0.0160. The highest BCUT2D eigenvalue weighted by molar-refractivity contribution is 7.46. The number of hydrogen-bond donors (Lipinski definition) is 7. The van der Waals surface area contributed by atoms with Crippen LogP contribution in [0.5, 0.6) is 0 Å². The smallest absolute Gasteiger partial charge is 0.291 e. The molecule has 2 aliphatic heterocycles. The highest BCUT2D eigenvalue weighted by atomic mass is 31.2. The van der Waals surface area contributed by atoms with Gasteiger partial charge < -0.3 is 83.4 Å². The Morgan fingerprint density at radius 2 is 0.827 bits per heavy atom. The number of amides is 7. The summed E-state index contributed by atoms with van der Waals surface area (Å²) < 4.78 is 43.1. The number of anilines is 3. The van der Waals surface area contributed by atoms with Gasteiger partial charge in [0.05, 0.1) is 42.4 Å². The van der Waals surface area contributed by atoms with Crippen LogP contribution in [-0.4, -0.2) is 171 Å². The van der Waals surface area contributed by atoms with Crippen molar-refractivity contribution in [2.45, 2.75) is 239 Å². The largest absolute Gasteiger partial charge is 0.756 e. The predicted molar refractivity (Wildman–Crippen MR) is 402 cm³/mol. The van der Waals surface area contributed by atoms with Gasteiger partial charge >= 0.3 is 0 Å². The Morgan fingerprint density at radius 1 is 0.471 bits per heavy atom. The Morgan fingerprint density at radius 3 is 1.16 bits per heavy atom. The third-order valence-electron chi connectivity index (χ3n) is 17.8. The molecule has 0 aromatic carbocycles. The van der Waals surface area contributed by atoms with Crippen LogP contribution < -0.4 is 47.0 Å². The van der Waals surface area contributed by atoms with Gasteiger partial charge in [0, 0.05) is 112 Å². The van der Waals surface area contributed by atoms with E-state index in [2.05, 4.69) is 79.1 Å². The average molecular weight is 1500 g/mol. The number of phosphoric ester groups is 2. The Bertz CT molecular complexity index is 3290. The molecule has 0 bridgehead atoms. The van der Waals surface area contributed by atoms with Crippen LogP contribution in [0.3, 0.4) is 0 Å². The van der Waals surface area contributed by atoms with Crippen molar-refractivity contribution in [3.05, 3.63) is 65.7 Å². The number of nitrogens with zero attached hydrogens (tertiary/aromatic N) is 8. The SMILES string of the molecule is CCCCCCCCCCCCCNC(=O)C1CC(NC(=O)c2cc(NC(=O)c3nc(C)cn3C)cn2C)CN1C.CCCCCCCCCCCCCNC(=O)C1CC(NC(=O)c2cc(NC(=O)c3nc(NC(=O)CCCC)cn3C)cn2C)CN1C.CCOP(=O)([O-])OC.CCOP(=O)([O-])OC. The molecule has 2 saturated heterocycles. The zero-order chi connectivity index (χ0) is 77.2. The van der Waals surface area contributed by atoms with E-state index in [1.165, 1.54) is 116 Å². The maximum atomic E-state index is 13.2. The molecular formula is C72H125N15O15P2-2. The van der Waals surface area contributed by atoms with Gasteiger partial charge in [0.2, 0.25) is 23.5 Å². The summed E-state index contributed by atoms with van der Waals surface area (Å²) >= 11 is 0. The molecule has 7 N–H and O–H groups in total. The summed E-state index contributed by atoms with van der Waals surface area (Å²) in [6.45, 7) is 14.3. The number of phosphoric acid groups is 2. The molecule has 30 nitrogen and oxygen atoms in total. The number of carbonyl (C=O) groups excluding carboxylic acids is 7. The number of aromatic nitrogens is 6. The molecule has 2 fully saturated rings. The Labute approximate surface area is 618 Å². The summed E-state index contributed by atoms with van der Waals surface area (Å²) in [6.07, 6.45) is 38.0. The van der Waals surface area contributed by atoms with E-state index in [1.54, 1.807) is 97.2 Å². The van der Waals surface area contributed by atoms with Gasteiger partial charge in [0.15, 0.2) is 11.6 Å². The maximum Gasteiger partial charge on any atom is 0.291 e. The highest BCUT2D eigenvalue weighted by Gasteiger charge is 2.37. The Hall–Kier alpha value is -6.59. The summed E-state index contributed by atoms with van der Waals surface area (Å²) in [7, 11) is 5.06. The zero-order valence-corrected chi connectivity index (χ0v) is 66.5. The molecule has 0 aliphatic carbocycles. The van der Waals surface area contributed by atoms with Gasteiger partial charge in [0.25, 0.3) is 39.3 Å². The van der Waals surface area contributed by atoms with Crippen LogP contribution in [0.15, 0.2) is 36.9 Å². The van der Waals surface area contributed by atoms with Crippen LogP contribution in [0.1, 0.15) is 256 Å². The van der Waals surface area contributed by atoms with Crippen molar-refractivity contribution in [3.8, 4) is 0 Å². The number of rotatable bonds is 44. The van der Waals surface area contributed by atoms with E-state index in [-0.39, 0.29) is 78.6 Å². The maximum absolute atomic E-state index is 13.2. The highest BCUT2D eigenvalue weighted by Crippen LogP contribution is 2.37. The van der Waals surface area contributed by atoms with Crippen molar-refractivity contribution in [3.63, 3.8) is 0 Å². The van der Waals surface area contributed by atoms with Crippen LogP contribution in [0.25, 0.3) is 0 Å². The van der Waals surface area contributed by atoms with Crippen LogP contribution in [-0.2, 0) is 69.8 Å². The molecule has 6 rings (SSSR count). The van der Waals surface area contributed by atoms with E-state index in [9.17, 15) is 52.5 Å². The number of nitrogens with one attached hydrogen (secondary N) is 7. The number of aryl methyl sites for hydroxylation is 5. The molecule has 6 unspecified atom stereocenters. The minimum atomic E-state index is -3.92. The van der Waals surface area contributed by atoms with Gasteiger partial charge in [0.1, 0.15) is 11.4 Å². The molecule has 6 heterocycles. The molecule has 7 amide bonds. The fraction of sp³-hybridized carbons (Fsp3) is 0.708. The van der Waals surface area contributed by atoms with E-state index in [0.29, 0.717) is 79.8 Å². The first kappa shape index (κ1) is 91.6. The number of hydrogen-bond acceptors (Lipinski definition) is 19. The van der Waals surface area contributed by atoms with E-state index in [0.717, 1.165) is 58.4 Å². The molecule has 2 aliphatic rings. The molecule has 104 heavy (non-hydrogen) atoms. The molecular weight excluding hydrogens is 1380 g/mol. The van der Waals surface area contributed by atoms with Crippen molar-refractivity contribution < 1.29 is 70.6 Å². The lowest BCUT2D eigenvalue weighted by molar-refractivity contribution is -0.223. The minimum absolute atomic E-state index is 0.0122. The van der Waals surface area contributed by atoms with Gasteiger partial charge in [-0.05, 0) is 79.1 Å². The predicted octanol–water partition coefficient (Wildman–Crippen LogP) is 10.2. The summed E-state index contributed by atoms with van der Waals surface area (Å²) in [5.74, 6) is -0.653.